The highest BCUT2D eigenvalue weighted by Gasteiger charge is 2.32. The summed E-state index contributed by atoms with van der Waals surface area (Å²) in [6.07, 6.45) is 5.70. The summed E-state index contributed by atoms with van der Waals surface area (Å²) in [6.45, 7) is 0.853. The zero-order valence-corrected chi connectivity index (χ0v) is 15.6. The molecular weight excluding hydrogens is 406 g/mol. The predicted octanol–water partition coefficient (Wildman–Crippen LogP) is 4.21. The molecule has 25 heavy (non-hydrogen) atoms. The van der Waals surface area contributed by atoms with Gasteiger partial charge in [0.2, 0.25) is 5.89 Å². The number of anilines is 1. The predicted molar refractivity (Wildman–Crippen MR) is 97.6 cm³/mol. The monoisotopic (exact) mass is 419 g/mol. The summed E-state index contributed by atoms with van der Waals surface area (Å²) in [5.74, 6) is 2.00. The summed E-state index contributed by atoms with van der Waals surface area (Å²) in [7, 11) is 0. The van der Waals surface area contributed by atoms with Gasteiger partial charge >= 0.3 is 0 Å². The van der Waals surface area contributed by atoms with Gasteiger partial charge in [-0.2, -0.15) is 4.98 Å². The second-order valence-corrected chi connectivity index (χ2v) is 7.22. The van der Waals surface area contributed by atoms with Crippen molar-refractivity contribution in [1.82, 2.24) is 20.1 Å². The molecule has 0 aliphatic carbocycles. The molecule has 1 atom stereocenters. The summed E-state index contributed by atoms with van der Waals surface area (Å²) in [4.78, 5) is 15.0. The van der Waals surface area contributed by atoms with E-state index < -0.39 is 0 Å². The summed E-state index contributed by atoms with van der Waals surface area (Å²) in [5, 5.41) is 4.67. The SMILES string of the molecule is Clc1cncnc1N1CCCC1c1nc(Cc2ccc(Br)cc2)no1. The van der Waals surface area contributed by atoms with E-state index in [2.05, 4.69) is 40.9 Å². The summed E-state index contributed by atoms with van der Waals surface area (Å²) in [6, 6.07) is 8.10. The Morgan fingerprint density at radius 2 is 2.12 bits per heavy atom. The molecule has 8 heteroatoms. The number of nitrogens with zero attached hydrogens (tertiary/aromatic N) is 5. The van der Waals surface area contributed by atoms with Crippen molar-refractivity contribution in [2.24, 2.45) is 0 Å². The van der Waals surface area contributed by atoms with Gasteiger partial charge in [-0.3, -0.25) is 0 Å². The van der Waals surface area contributed by atoms with Crippen molar-refractivity contribution in [2.75, 3.05) is 11.4 Å². The van der Waals surface area contributed by atoms with Crippen LogP contribution in [0.25, 0.3) is 0 Å². The Labute approximate surface area is 158 Å². The number of benzene rings is 1. The fourth-order valence-corrected chi connectivity index (χ4v) is 3.53. The Balaban J connectivity index is 1.54. The van der Waals surface area contributed by atoms with Crippen LogP contribution in [-0.2, 0) is 6.42 Å². The molecule has 0 spiro atoms. The Hall–Kier alpha value is -1.99. The van der Waals surface area contributed by atoms with E-state index in [9.17, 15) is 0 Å². The molecule has 1 saturated heterocycles. The first-order valence-electron chi connectivity index (χ1n) is 8.00. The molecule has 3 aromatic rings. The van der Waals surface area contributed by atoms with Crippen LogP contribution in [0.2, 0.25) is 5.02 Å². The maximum atomic E-state index is 6.25. The van der Waals surface area contributed by atoms with E-state index in [0.717, 1.165) is 29.4 Å². The average Bonchev–Trinajstić information content (AvgIpc) is 3.26. The molecule has 1 fully saturated rings. The fourth-order valence-electron chi connectivity index (χ4n) is 3.05. The lowest BCUT2D eigenvalue weighted by molar-refractivity contribution is 0.351. The van der Waals surface area contributed by atoms with Gasteiger partial charge in [-0.05, 0) is 30.5 Å². The van der Waals surface area contributed by atoms with E-state index in [4.69, 9.17) is 16.1 Å². The van der Waals surface area contributed by atoms with E-state index in [1.165, 1.54) is 6.33 Å². The van der Waals surface area contributed by atoms with Crippen molar-refractivity contribution >= 4 is 33.3 Å². The van der Waals surface area contributed by atoms with Gasteiger partial charge in [0.1, 0.15) is 17.4 Å². The Morgan fingerprint density at radius 1 is 1.28 bits per heavy atom. The number of hydrogen-bond acceptors (Lipinski definition) is 6. The van der Waals surface area contributed by atoms with Gasteiger partial charge in [0.25, 0.3) is 0 Å². The van der Waals surface area contributed by atoms with Gasteiger partial charge in [-0.1, -0.05) is 44.8 Å². The summed E-state index contributed by atoms with van der Waals surface area (Å²) >= 11 is 9.68. The molecule has 0 N–H and O–H groups in total. The molecule has 4 rings (SSSR count). The lowest BCUT2D eigenvalue weighted by atomic mass is 10.1. The van der Waals surface area contributed by atoms with Crippen molar-refractivity contribution in [2.45, 2.75) is 25.3 Å². The molecule has 0 saturated carbocycles. The average molecular weight is 421 g/mol. The Kier molecular flexibility index (Phi) is 4.67. The van der Waals surface area contributed by atoms with Crippen LogP contribution in [0, 0.1) is 0 Å². The second-order valence-electron chi connectivity index (χ2n) is 5.90. The third-order valence-electron chi connectivity index (χ3n) is 4.22. The number of halogens is 2. The van der Waals surface area contributed by atoms with Crippen LogP contribution >= 0.6 is 27.5 Å². The van der Waals surface area contributed by atoms with Crippen LogP contribution in [0.5, 0.6) is 0 Å². The molecule has 3 heterocycles. The Morgan fingerprint density at radius 3 is 2.92 bits per heavy atom. The molecule has 0 radical (unpaired) electrons. The van der Waals surface area contributed by atoms with E-state index in [1.54, 1.807) is 6.20 Å². The third kappa shape index (κ3) is 3.52. The van der Waals surface area contributed by atoms with Crippen LogP contribution < -0.4 is 4.90 Å². The first-order chi connectivity index (χ1) is 12.2. The van der Waals surface area contributed by atoms with Gasteiger partial charge in [-0.25, -0.2) is 9.97 Å². The highest BCUT2D eigenvalue weighted by molar-refractivity contribution is 9.10. The van der Waals surface area contributed by atoms with Gasteiger partial charge in [-0.15, -0.1) is 0 Å². The first-order valence-corrected chi connectivity index (χ1v) is 9.17. The largest absolute Gasteiger partial charge is 0.343 e. The van der Waals surface area contributed by atoms with E-state index in [0.29, 0.717) is 29.0 Å². The maximum absolute atomic E-state index is 6.25. The molecule has 1 aliphatic rings. The van der Waals surface area contributed by atoms with Gasteiger partial charge < -0.3 is 9.42 Å². The second kappa shape index (κ2) is 7.09. The lowest BCUT2D eigenvalue weighted by Crippen LogP contribution is -2.24. The summed E-state index contributed by atoms with van der Waals surface area (Å²) < 4.78 is 6.59. The van der Waals surface area contributed by atoms with Crippen LogP contribution in [0.15, 0.2) is 45.8 Å². The van der Waals surface area contributed by atoms with E-state index >= 15 is 0 Å². The zero-order chi connectivity index (χ0) is 17.2. The van der Waals surface area contributed by atoms with Crippen molar-refractivity contribution in [3.63, 3.8) is 0 Å². The molecule has 6 nitrogen and oxygen atoms in total. The highest BCUT2D eigenvalue weighted by atomic mass is 79.9. The molecule has 1 unspecified atom stereocenters. The standard InChI is InChI=1S/C17H15BrClN5O/c18-12-5-3-11(4-6-12)8-15-22-17(25-23-15)14-2-1-7-24(14)16-13(19)9-20-10-21-16/h3-6,9-10,14H,1-2,7-8H2. The molecule has 0 bridgehead atoms. The van der Waals surface area contributed by atoms with E-state index in [1.807, 2.05) is 24.3 Å². The van der Waals surface area contributed by atoms with Crippen molar-refractivity contribution < 1.29 is 4.52 Å². The third-order valence-corrected chi connectivity index (χ3v) is 5.01. The van der Waals surface area contributed by atoms with Gasteiger partial charge in [0, 0.05) is 17.4 Å². The van der Waals surface area contributed by atoms with Crippen LogP contribution in [0.1, 0.15) is 36.2 Å². The minimum atomic E-state index is -0.00133. The Bertz CT molecular complexity index is 869. The zero-order valence-electron chi connectivity index (χ0n) is 13.3. The van der Waals surface area contributed by atoms with Crippen molar-refractivity contribution in [1.29, 1.82) is 0 Å². The number of hydrogen-bond donors (Lipinski definition) is 0. The number of aromatic nitrogens is 4. The quantitative estimate of drug-likeness (QED) is 0.630. The molecule has 128 valence electrons. The molecular formula is C17H15BrClN5O. The molecule has 1 aromatic carbocycles. The normalized spacial score (nSPS) is 17.2. The fraction of sp³-hybridized carbons (Fsp3) is 0.294. The van der Waals surface area contributed by atoms with Crippen LogP contribution in [-0.4, -0.2) is 26.7 Å². The van der Waals surface area contributed by atoms with Gasteiger partial charge in [0.15, 0.2) is 11.6 Å². The minimum Gasteiger partial charge on any atom is -0.343 e. The van der Waals surface area contributed by atoms with E-state index in [-0.39, 0.29) is 6.04 Å². The number of rotatable bonds is 4. The maximum Gasteiger partial charge on any atom is 0.249 e. The topological polar surface area (TPSA) is 67.9 Å². The van der Waals surface area contributed by atoms with Gasteiger partial charge in [0.05, 0.1) is 6.20 Å². The van der Waals surface area contributed by atoms with Crippen LogP contribution in [0.4, 0.5) is 5.82 Å². The summed E-state index contributed by atoms with van der Waals surface area (Å²) in [5.41, 5.74) is 1.14. The molecule has 2 aromatic heterocycles. The first kappa shape index (κ1) is 16.5. The highest BCUT2D eigenvalue weighted by Crippen LogP contribution is 2.37. The molecule has 0 amide bonds. The molecule has 1 aliphatic heterocycles. The smallest absolute Gasteiger partial charge is 0.249 e. The lowest BCUT2D eigenvalue weighted by Gasteiger charge is -2.23. The minimum absolute atomic E-state index is 0.00133. The van der Waals surface area contributed by atoms with Crippen LogP contribution in [0.3, 0.4) is 0 Å². The van der Waals surface area contributed by atoms with Crippen molar-refractivity contribution in [3.8, 4) is 0 Å². The van der Waals surface area contributed by atoms with Crippen molar-refractivity contribution in [3.05, 3.63) is 63.6 Å².